The van der Waals surface area contributed by atoms with Crippen LogP contribution in [0.25, 0.3) is 11.3 Å². The number of benzene rings is 1. The third-order valence-electron chi connectivity index (χ3n) is 2.16. The number of hydrogen-bond donors (Lipinski definition) is 0. The minimum absolute atomic E-state index is 0.751. The van der Waals surface area contributed by atoms with Gasteiger partial charge in [0.2, 0.25) is 0 Å². The standard InChI is InChI=1S/C12H12O3/c1-13-10-6-9(7-11(8-10)14-2)12-4-3-5-15-12/h3-8H,1-2H3. The second-order valence-electron chi connectivity index (χ2n) is 3.08. The molecule has 0 saturated heterocycles. The smallest absolute Gasteiger partial charge is 0.134 e. The van der Waals surface area contributed by atoms with E-state index in [-0.39, 0.29) is 0 Å². The molecule has 0 amide bonds. The highest BCUT2D eigenvalue weighted by atomic mass is 16.5. The monoisotopic (exact) mass is 204 g/mol. The lowest BCUT2D eigenvalue weighted by Gasteiger charge is -2.06. The Morgan fingerprint density at radius 2 is 1.67 bits per heavy atom. The number of methoxy groups -OCH3 is 2. The molecule has 0 N–H and O–H groups in total. The average molecular weight is 204 g/mol. The molecule has 0 bridgehead atoms. The van der Waals surface area contributed by atoms with Crippen LogP contribution in [-0.4, -0.2) is 14.2 Å². The van der Waals surface area contributed by atoms with E-state index in [0.29, 0.717) is 0 Å². The molecule has 0 aliphatic rings. The molecular formula is C12H12O3. The van der Waals surface area contributed by atoms with Crippen LogP contribution in [0, 0.1) is 0 Å². The first kappa shape index (κ1) is 9.65. The van der Waals surface area contributed by atoms with E-state index in [1.54, 1.807) is 20.5 Å². The van der Waals surface area contributed by atoms with Gasteiger partial charge in [-0.3, -0.25) is 0 Å². The minimum Gasteiger partial charge on any atom is -0.497 e. The van der Waals surface area contributed by atoms with Crippen molar-refractivity contribution in [2.75, 3.05) is 14.2 Å². The van der Waals surface area contributed by atoms with Crippen molar-refractivity contribution in [2.24, 2.45) is 0 Å². The summed E-state index contributed by atoms with van der Waals surface area (Å²) in [6.07, 6.45) is 1.64. The second-order valence-corrected chi connectivity index (χ2v) is 3.08. The van der Waals surface area contributed by atoms with Gasteiger partial charge in [-0.25, -0.2) is 0 Å². The summed E-state index contributed by atoms with van der Waals surface area (Å²) in [4.78, 5) is 0. The van der Waals surface area contributed by atoms with Gasteiger partial charge in [-0.1, -0.05) is 0 Å². The average Bonchev–Trinajstić information content (AvgIpc) is 2.81. The lowest BCUT2D eigenvalue weighted by Crippen LogP contribution is -1.88. The molecule has 78 valence electrons. The summed E-state index contributed by atoms with van der Waals surface area (Å²) in [6, 6.07) is 9.38. The fraction of sp³-hybridized carbons (Fsp3) is 0.167. The van der Waals surface area contributed by atoms with Crippen molar-refractivity contribution in [3.05, 3.63) is 36.6 Å². The van der Waals surface area contributed by atoms with E-state index in [4.69, 9.17) is 13.9 Å². The van der Waals surface area contributed by atoms with Crippen molar-refractivity contribution in [2.45, 2.75) is 0 Å². The molecule has 3 nitrogen and oxygen atoms in total. The summed E-state index contributed by atoms with van der Waals surface area (Å²) in [5.74, 6) is 2.30. The van der Waals surface area contributed by atoms with E-state index < -0.39 is 0 Å². The molecule has 1 heterocycles. The lowest BCUT2D eigenvalue weighted by atomic mass is 10.1. The lowest BCUT2D eigenvalue weighted by molar-refractivity contribution is 0.394. The van der Waals surface area contributed by atoms with Crippen LogP contribution in [0.4, 0.5) is 0 Å². The summed E-state index contributed by atoms with van der Waals surface area (Å²) in [5.41, 5.74) is 0.941. The van der Waals surface area contributed by atoms with Crippen molar-refractivity contribution in [1.82, 2.24) is 0 Å². The molecule has 0 saturated carbocycles. The summed E-state index contributed by atoms with van der Waals surface area (Å²) >= 11 is 0. The first-order chi connectivity index (χ1) is 7.33. The van der Waals surface area contributed by atoms with Gasteiger partial charge in [-0.05, 0) is 24.3 Å². The number of rotatable bonds is 3. The Bertz CT molecular complexity index is 410. The molecule has 0 radical (unpaired) electrons. The van der Waals surface area contributed by atoms with Crippen LogP contribution in [0.15, 0.2) is 41.0 Å². The third kappa shape index (κ3) is 1.96. The molecule has 1 aromatic heterocycles. The van der Waals surface area contributed by atoms with Crippen LogP contribution in [-0.2, 0) is 0 Å². The molecule has 1 aromatic carbocycles. The molecule has 0 aliphatic carbocycles. The van der Waals surface area contributed by atoms with Crippen LogP contribution in [0.3, 0.4) is 0 Å². The zero-order valence-corrected chi connectivity index (χ0v) is 8.69. The summed E-state index contributed by atoms with van der Waals surface area (Å²) in [5, 5.41) is 0. The number of furan rings is 1. The highest BCUT2D eigenvalue weighted by molar-refractivity contribution is 5.62. The molecule has 0 unspecified atom stereocenters. The molecule has 0 aliphatic heterocycles. The fourth-order valence-electron chi connectivity index (χ4n) is 1.39. The highest BCUT2D eigenvalue weighted by Crippen LogP contribution is 2.29. The summed E-state index contributed by atoms with van der Waals surface area (Å²) in [7, 11) is 3.25. The zero-order valence-electron chi connectivity index (χ0n) is 8.69. The SMILES string of the molecule is COc1cc(OC)cc(-c2ccco2)c1. The number of ether oxygens (including phenoxy) is 2. The van der Waals surface area contributed by atoms with Gasteiger partial charge in [0, 0.05) is 11.6 Å². The van der Waals surface area contributed by atoms with E-state index in [0.717, 1.165) is 22.8 Å². The van der Waals surface area contributed by atoms with Gasteiger partial charge in [-0.2, -0.15) is 0 Å². The van der Waals surface area contributed by atoms with Gasteiger partial charge in [0.1, 0.15) is 17.3 Å². The fourth-order valence-corrected chi connectivity index (χ4v) is 1.39. The maximum atomic E-state index is 5.31. The van der Waals surface area contributed by atoms with Gasteiger partial charge >= 0.3 is 0 Å². The first-order valence-corrected chi connectivity index (χ1v) is 4.60. The minimum atomic E-state index is 0.751. The maximum absolute atomic E-state index is 5.31. The van der Waals surface area contributed by atoms with Crippen LogP contribution in [0.2, 0.25) is 0 Å². The maximum Gasteiger partial charge on any atom is 0.134 e. The molecule has 15 heavy (non-hydrogen) atoms. The Labute approximate surface area is 88.2 Å². The predicted octanol–water partition coefficient (Wildman–Crippen LogP) is 2.96. The Morgan fingerprint density at radius 3 is 2.13 bits per heavy atom. The van der Waals surface area contributed by atoms with E-state index in [9.17, 15) is 0 Å². The van der Waals surface area contributed by atoms with E-state index >= 15 is 0 Å². The summed E-state index contributed by atoms with van der Waals surface area (Å²) < 4.78 is 15.7. The van der Waals surface area contributed by atoms with Crippen molar-refractivity contribution in [3.8, 4) is 22.8 Å². The van der Waals surface area contributed by atoms with Gasteiger partial charge in [0.15, 0.2) is 0 Å². The van der Waals surface area contributed by atoms with E-state index in [1.807, 2.05) is 30.3 Å². The molecule has 0 spiro atoms. The molecule has 2 rings (SSSR count). The largest absolute Gasteiger partial charge is 0.497 e. The van der Waals surface area contributed by atoms with Crippen molar-refractivity contribution >= 4 is 0 Å². The Hall–Kier alpha value is -1.90. The Kier molecular flexibility index (Phi) is 2.63. The molecule has 3 heteroatoms. The van der Waals surface area contributed by atoms with Gasteiger partial charge < -0.3 is 13.9 Å². The quantitative estimate of drug-likeness (QED) is 0.770. The van der Waals surface area contributed by atoms with Crippen LogP contribution in [0.5, 0.6) is 11.5 Å². The molecule has 0 atom stereocenters. The molecule has 2 aromatic rings. The molecule has 0 fully saturated rings. The third-order valence-corrected chi connectivity index (χ3v) is 2.16. The Balaban J connectivity index is 2.47. The van der Waals surface area contributed by atoms with Crippen LogP contribution in [0.1, 0.15) is 0 Å². The normalized spacial score (nSPS) is 10.0. The van der Waals surface area contributed by atoms with Gasteiger partial charge in [0.05, 0.1) is 20.5 Å². The van der Waals surface area contributed by atoms with E-state index in [2.05, 4.69) is 0 Å². The van der Waals surface area contributed by atoms with Gasteiger partial charge in [-0.15, -0.1) is 0 Å². The van der Waals surface area contributed by atoms with Gasteiger partial charge in [0.25, 0.3) is 0 Å². The Morgan fingerprint density at radius 1 is 1.00 bits per heavy atom. The summed E-state index contributed by atoms with van der Waals surface area (Å²) in [6.45, 7) is 0. The first-order valence-electron chi connectivity index (χ1n) is 4.60. The second kappa shape index (κ2) is 4.09. The van der Waals surface area contributed by atoms with Crippen LogP contribution >= 0.6 is 0 Å². The van der Waals surface area contributed by atoms with E-state index in [1.165, 1.54) is 0 Å². The number of hydrogen-bond acceptors (Lipinski definition) is 3. The van der Waals surface area contributed by atoms with Crippen LogP contribution < -0.4 is 9.47 Å². The van der Waals surface area contributed by atoms with Crippen molar-refractivity contribution in [3.63, 3.8) is 0 Å². The van der Waals surface area contributed by atoms with Crippen molar-refractivity contribution in [1.29, 1.82) is 0 Å². The zero-order chi connectivity index (χ0) is 10.7. The molecular weight excluding hydrogens is 192 g/mol. The topological polar surface area (TPSA) is 31.6 Å². The predicted molar refractivity (Wildman–Crippen MR) is 57.2 cm³/mol. The highest BCUT2D eigenvalue weighted by Gasteiger charge is 2.05. The van der Waals surface area contributed by atoms with Crippen molar-refractivity contribution < 1.29 is 13.9 Å².